The minimum Gasteiger partial charge on any atom is -0.469 e. The van der Waals surface area contributed by atoms with Crippen LogP contribution in [0.2, 0.25) is 5.02 Å². The molecule has 0 radical (unpaired) electrons. The quantitative estimate of drug-likeness (QED) is 0.210. The molecule has 4 rings (SSSR count). The molecule has 1 fully saturated rings. The number of hydrogen-bond donors (Lipinski definition) is 0. The van der Waals surface area contributed by atoms with Crippen LogP contribution >= 0.6 is 11.6 Å². The van der Waals surface area contributed by atoms with Crippen molar-refractivity contribution < 1.29 is 9.53 Å². The summed E-state index contributed by atoms with van der Waals surface area (Å²) in [5, 5.41) is 0.826. The highest BCUT2D eigenvalue weighted by atomic mass is 35.5. The van der Waals surface area contributed by atoms with Gasteiger partial charge in [0.25, 0.3) is 0 Å². The number of esters is 1. The SMILES string of the molecule is COC(=O)CCCCCCCCCCCN1CCC(=C2c3ccc(Cl)cc3CCc3cccnc32)CC1. The first-order valence-electron chi connectivity index (χ1n) is 14.4. The fourth-order valence-electron chi connectivity index (χ4n) is 5.87. The Bertz CT molecular complexity index is 1050. The van der Waals surface area contributed by atoms with E-state index in [2.05, 4.69) is 29.2 Å². The van der Waals surface area contributed by atoms with Gasteiger partial charge in [0.15, 0.2) is 0 Å². The number of likely N-dealkylation sites (tertiary alicyclic amines) is 1. The summed E-state index contributed by atoms with van der Waals surface area (Å²) in [5.74, 6) is -0.0796. The van der Waals surface area contributed by atoms with E-state index in [1.165, 1.54) is 86.6 Å². The number of pyridine rings is 1. The van der Waals surface area contributed by atoms with Crippen LogP contribution in [-0.4, -0.2) is 42.6 Å². The van der Waals surface area contributed by atoms with E-state index in [-0.39, 0.29) is 5.97 Å². The van der Waals surface area contributed by atoms with Crippen molar-refractivity contribution >= 4 is 23.1 Å². The molecule has 0 unspecified atom stereocenters. The topological polar surface area (TPSA) is 42.4 Å². The molecule has 1 aromatic heterocycles. The summed E-state index contributed by atoms with van der Waals surface area (Å²) in [6.45, 7) is 3.52. The van der Waals surface area contributed by atoms with Crippen molar-refractivity contribution in [3.05, 3.63) is 69.5 Å². The summed E-state index contributed by atoms with van der Waals surface area (Å²) < 4.78 is 4.69. The number of methoxy groups -OCH3 is 1. The number of aromatic nitrogens is 1. The van der Waals surface area contributed by atoms with Crippen LogP contribution in [0.15, 0.2) is 42.1 Å². The molecule has 0 atom stereocenters. The van der Waals surface area contributed by atoms with E-state index >= 15 is 0 Å². The van der Waals surface area contributed by atoms with Gasteiger partial charge in [-0.2, -0.15) is 0 Å². The molecule has 0 amide bonds. The van der Waals surface area contributed by atoms with Gasteiger partial charge in [0, 0.05) is 36.3 Å². The van der Waals surface area contributed by atoms with Gasteiger partial charge in [0.1, 0.15) is 0 Å². The first-order chi connectivity index (χ1) is 18.2. The average Bonchev–Trinajstić information content (AvgIpc) is 3.08. The number of unbranched alkanes of at least 4 members (excludes halogenated alkanes) is 8. The number of benzene rings is 1. The summed E-state index contributed by atoms with van der Waals surface area (Å²) in [4.78, 5) is 18.7. The van der Waals surface area contributed by atoms with Crippen LogP contribution in [0.5, 0.6) is 0 Å². The molecule has 1 aliphatic heterocycles. The van der Waals surface area contributed by atoms with Crippen molar-refractivity contribution in [2.24, 2.45) is 0 Å². The Labute approximate surface area is 228 Å². The zero-order chi connectivity index (χ0) is 25.9. The lowest BCUT2D eigenvalue weighted by molar-refractivity contribution is -0.140. The van der Waals surface area contributed by atoms with Gasteiger partial charge in [-0.1, -0.05) is 74.3 Å². The molecule has 2 heterocycles. The Hall–Kier alpha value is -2.17. The lowest BCUT2D eigenvalue weighted by Gasteiger charge is -2.30. The van der Waals surface area contributed by atoms with Gasteiger partial charge in [-0.05, 0) is 80.0 Å². The Kier molecular flexibility index (Phi) is 11.1. The Morgan fingerprint density at radius 2 is 1.57 bits per heavy atom. The van der Waals surface area contributed by atoms with Crippen LogP contribution < -0.4 is 0 Å². The Morgan fingerprint density at radius 1 is 0.892 bits per heavy atom. The van der Waals surface area contributed by atoms with Gasteiger partial charge in [-0.3, -0.25) is 9.78 Å². The van der Waals surface area contributed by atoms with Crippen LogP contribution in [0.1, 0.15) is 99.4 Å². The maximum Gasteiger partial charge on any atom is 0.305 e. The second kappa shape index (κ2) is 14.7. The van der Waals surface area contributed by atoms with Crippen molar-refractivity contribution in [1.29, 1.82) is 0 Å². The van der Waals surface area contributed by atoms with Crippen LogP contribution in [-0.2, 0) is 22.4 Å². The van der Waals surface area contributed by atoms with Gasteiger partial charge in [-0.15, -0.1) is 0 Å². The van der Waals surface area contributed by atoms with E-state index in [0.717, 1.165) is 56.6 Å². The molecule has 1 aromatic carbocycles. The third kappa shape index (κ3) is 8.15. The number of aryl methyl sites for hydroxylation is 2. The highest BCUT2D eigenvalue weighted by Gasteiger charge is 2.25. The largest absolute Gasteiger partial charge is 0.469 e. The maximum absolute atomic E-state index is 11.1. The van der Waals surface area contributed by atoms with Gasteiger partial charge >= 0.3 is 5.97 Å². The summed E-state index contributed by atoms with van der Waals surface area (Å²) >= 11 is 6.37. The van der Waals surface area contributed by atoms with Crippen molar-refractivity contribution in [1.82, 2.24) is 9.88 Å². The third-order valence-corrected chi connectivity index (χ3v) is 8.26. The van der Waals surface area contributed by atoms with Gasteiger partial charge in [-0.25, -0.2) is 0 Å². The zero-order valence-electron chi connectivity index (χ0n) is 22.6. The van der Waals surface area contributed by atoms with E-state index in [1.54, 1.807) is 5.57 Å². The molecule has 0 saturated carbocycles. The van der Waals surface area contributed by atoms with E-state index in [0.29, 0.717) is 6.42 Å². The number of halogens is 1. The fourth-order valence-corrected chi connectivity index (χ4v) is 6.07. The monoisotopic (exact) mass is 522 g/mol. The van der Waals surface area contributed by atoms with Gasteiger partial charge < -0.3 is 9.64 Å². The predicted molar refractivity (Wildman–Crippen MR) is 153 cm³/mol. The van der Waals surface area contributed by atoms with Crippen molar-refractivity contribution in [3.63, 3.8) is 0 Å². The molecular weight excluding hydrogens is 480 g/mol. The molecule has 37 heavy (non-hydrogen) atoms. The lowest BCUT2D eigenvalue weighted by atomic mass is 9.88. The molecule has 0 bridgehead atoms. The molecular formula is C32H43ClN2O2. The number of carbonyl (C=O) groups is 1. The normalized spacial score (nSPS) is 15.7. The zero-order valence-corrected chi connectivity index (χ0v) is 23.3. The van der Waals surface area contributed by atoms with E-state index < -0.39 is 0 Å². The van der Waals surface area contributed by atoms with Crippen LogP contribution in [0.25, 0.3) is 5.57 Å². The summed E-state index contributed by atoms with van der Waals surface area (Å²) in [5.41, 5.74) is 8.19. The maximum atomic E-state index is 11.1. The van der Waals surface area contributed by atoms with Crippen molar-refractivity contribution in [3.8, 4) is 0 Å². The Balaban J connectivity index is 1.20. The van der Waals surface area contributed by atoms with Crippen LogP contribution in [0, 0.1) is 0 Å². The molecule has 5 heteroatoms. The predicted octanol–water partition coefficient (Wildman–Crippen LogP) is 7.81. The number of ether oxygens (including phenoxy) is 1. The second-order valence-corrected chi connectivity index (χ2v) is 11.1. The van der Waals surface area contributed by atoms with Crippen molar-refractivity contribution in [2.75, 3.05) is 26.7 Å². The van der Waals surface area contributed by atoms with E-state index in [9.17, 15) is 4.79 Å². The minimum absolute atomic E-state index is 0.0796. The smallest absolute Gasteiger partial charge is 0.305 e. The summed E-state index contributed by atoms with van der Waals surface area (Å²) in [7, 11) is 1.47. The second-order valence-electron chi connectivity index (χ2n) is 10.6. The molecule has 200 valence electrons. The highest BCUT2D eigenvalue weighted by Crippen LogP contribution is 2.38. The van der Waals surface area contributed by atoms with Crippen molar-refractivity contribution in [2.45, 2.75) is 89.9 Å². The first-order valence-corrected chi connectivity index (χ1v) is 14.8. The van der Waals surface area contributed by atoms with Gasteiger partial charge in [0.2, 0.25) is 0 Å². The van der Waals surface area contributed by atoms with E-state index in [1.807, 2.05) is 12.3 Å². The molecule has 2 aromatic rings. The number of hydrogen-bond acceptors (Lipinski definition) is 4. The van der Waals surface area contributed by atoms with Gasteiger partial charge in [0.05, 0.1) is 12.8 Å². The van der Waals surface area contributed by atoms with Crippen LogP contribution in [0.3, 0.4) is 0 Å². The molecule has 1 aliphatic carbocycles. The number of fused-ring (bicyclic) bond motifs is 2. The number of piperidine rings is 1. The number of carbonyl (C=O) groups excluding carboxylic acids is 1. The Morgan fingerprint density at radius 3 is 2.30 bits per heavy atom. The first kappa shape index (κ1) is 27.9. The average molecular weight is 523 g/mol. The number of nitrogens with zero attached hydrogens (tertiary/aromatic N) is 2. The number of rotatable bonds is 12. The fraction of sp³-hybridized carbons (Fsp3) is 0.562. The molecule has 4 nitrogen and oxygen atoms in total. The third-order valence-electron chi connectivity index (χ3n) is 8.02. The molecule has 0 spiro atoms. The van der Waals surface area contributed by atoms with E-state index in [4.69, 9.17) is 21.3 Å². The van der Waals surface area contributed by atoms with Crippen LogP contribution in [0.4, 0.5) is 0 Å². The minimum atomic E-state index is -0.0796. The lowest BCUT2D eigenvalue weighted by Crippen LogP contribution is -2.32. The molecule has 2 aliphatic rings. The standard InChI is InChI=1S/C32H43ClN2O2/c1-37-30(36)13-9-7-5-3-2-4-6-8-10-21-35-22-18-25(19-23-35)31-29-17-16-28(33)24-27(29)15-14-26-12-11-20-34-32(26)31/h11-12,16-17,20,24H,2-10,13-15,18-19,21-23H2,1H3. The molecule has 0 N–H and O–H groups in total. The summed E-state index contributed by atoms with van der Waals surface area (Å²) in [6.07, 6.45) is 18.1. The highest BCUT2D eigenvalue weighted by molar-refractivity contribution is 6.30. The summed E-state index contributed by atoms with van der Waals surface area (Å²) in [6, 6.07) is 10.7. The molecule has 1 saturated heterocycles.